The van der Waals surface area contributed by atoms with Crippen LogP contribution in [0.25, 0.3) is 0 Å². The van der Waals surface area contributed by atoms with Crippen molar-refractivity contribution in [3.05, 3.63) is 75.5 Å². The SMILES string of the molecule is Cc1cc(CCc2ccccc2)oc(=O)c1C(=O)Nc1cnn(C)n1. The van der Waals surface area contributed by atoms with Gasteiger partial charge in [0.2, 0.25) is 0 Å². The van der Waals surface area contributed by atoms with Crippen LogP contribution in [0.4, 0.5) is 5.82 Å². The van der Waals surface area contributed by atoms with Crippen molar-refractivity contribution in [1.82, 2.24) is 15.0 Å². The van der Waals surface area contributed by atoms with Crippen molar-refractivity contribution < 1.29 is 9.21 Å². The van der Waals surface area contributed by atoms with Crippen LogP contribution in [0.1, 0.15) is 27.2 Å². The van der Waals surface area contributed by atoms with Gasteiger partial charge >= 0.3 is 5.63 Å². The zero-order valence-electron chi connectivity index (χ0n) is 14.0. The minimum absolute atomic E-state index is 0.0193. The molecule has 0 unspecified atom stereocenters. The van der Waals surface area contributed by atoms with Gasteiger partial charge in [0, 0.05) is 13.5 Å². The van der Waals surface area contributed by atoms with Crippen molar-refractivity contribution >= 4 is 11.7 Å². The van der Waals surface area contributed by atoms with E-state index in [-0.39, 0.29) is 11.4 Å². The van der Waals surface area contributed by atoms with E-state index in [0.29, 0.717) is 17.7 Å². The lowest BCUT2D eigenvalue weighted by atomic mass is 10.1. The summed E-state index contributed by atoms with van der Waals surface area (Å²) in [7, 11) is 1.64. The molecule has 1 N–H and O–H groups in total. The largest absolute Gasteiger partial charge is 0.427 e. The molecule has 128 valence electrons. The summed E-state index contributed by atoms with van der Waals surface area (Å²) in [5, 5.41) is 10.4. The predicted octanol–water partition coefficient (Wildman–Crippen LogP) is 2.11. The summed E-state index contributed by atoms with van der Waals surface area (Å²) >= 11 is 0. The Morgan fingerprint density at radius 2 is 2.00 bits per heavy atom. The van der Waals surface area contributed by atoms with E-state index >= 15 is 0 Å². The Hall–Kier alpha value is -3.22. The third-order valence-electron chi connectivity index (χ3n) is 3.77. The van der Waals surface area contributed by atoms with E-state index in [4.69, 9.17) is 4.42 Å². The van der Waals surface area contributed by atoms with Crippen LogP contribution in [0.3, 0.4) is 0 Å². The van der Waals surface area contributed by atoms with Gasteiger partial charge in [-0.2, -0.15) is 9.90 Å². The molecule has 25 heavy (non-hydrogen) atoms. The van der Waals surface area contributed by atoms with Crippen LogP contribution in [0, 0.1) is 6.92 Å². The smallest absolute Gasteiger partial charge is 0.349 e. The van der Waals surface area contributed by atoms with Crippen molar-refractivity contribution in [2.45, 2.75) is 19.8 Å². The first kappa shape index (κ1) is 16.6. The Balaban J connectivity index is 1.75. The van der Waals surface area contributed by atoms with Gasteiger partial charge in [-0.05, 0) is 30.5 Å². The van der Waals surface area contributed by atoms with Gasteiger partial charge in [0.25, 0.3) is 5.91 Å². The molecular formula is C18H18N4O3. The van der Waals surface area contributed by atoms with Gasteiger partial charge in [0.05, 0.1) is 6.20 Å². The highest BCUT2D eigenvalue weighted by Gasteiger charge is 2.18. The Kier molecular flexibility index (Phi) is 4.74. The Labute approximate surface area is 144 Å². The quantitative estimate of drug-likeness (QED) is 0.769. The molecule has 7 heteroatoms. The zero-order chi connectivity index (χ0) is 17.8. The summed E-state index contributed by atoms with van der Waals surface area (Å²) in [4.78, 5) is 25.9. The molecule has 3 aromatic rings. The Morgan fingerprint density at radius 1 is 1.24 bits per heavy atom. The van der Waals surface area contributed by atoms with Gasteiger partial charge in [0.15, 0.2) is 5.82 Å². The molecule has 0 aliphatic heterocycles. The number of carbonyl (C=O) groups is 1. The first-order valence-electron chi connectivity index (χ1n) is 7.88. The van der Waals surface area contributed by atoms with E-state index in [1.165, 1.54) is 11.0 Å². The van der Waals surface area contributed by atoms with Crippen LogP contribution < -0.4 is 10.9 Å². The zero-order valence-corrected chi connectivity index (χ0v) is 14.0. The fraction of sp³-hybridized carbons (Fsp3) is 0.222. The minimum Gasteiger partial charge on any atom is -0.427 e. The molecule has 1 aromatic carbocycles. The highest BCUT2D eigenvalue weighted by molar-refractivity contribution is 6.04. The van der Waals surface area contributed by atoms with E-state index in [0.717, 1.165) is 12.0 Å². The number of nitrogens with one attached hydrogen (secondary N) is 1. The van der Waals surface area contributed by atoms with Gasteiger partial charge in [-0.15, -0.1) is 5.10 Å². The Morgan fingerprint density at radius 3 is 2.64 bits per heavy atom. The van der Waals surface area contributed by atoms with Gasteiger partial charge < -0.3 is 9.73 Å². The maximum absolute atomic E-state index is 12.3. The molecular weight excluding hydrogens is 320 g/mol. The fourth-order valence-corrected chi connectivity index (χ4v) is 2.56. The van der Waals surface area contributed by atoms with E-state index in [2.05, 4.69) is 15.5 Å². The topological polar surface area (TPSA) is 90.0 Å². The lowest BCUT2D eigenvalue weighted by molar-refractivity contribution is 0.102. The molecule has 3 rings (SSSR count). The highest BCUT2D eigenvalue weighted by atomic mass is 16.4. The van der Waals surface area contributed by atoms with Gasteiger partial charge in [-0.25, -0.2) is 4.79 Å². The van der Waals surface area contributed by atoms with E-state index in [1.54, 1.807) is 20.0 Å². The number of aryl methyl sites for hydroxylation is 4. The molecule has 0 saturated heterocycles. The summed E-state index contributed by atoms with van der Waals surface area (Å²) in [6, 6.07) is 11.7. The van der Waals surface area contributed by atoms with Gasteiger partial charge in [-0.3, -0.25) is 4.79 Å². The van der Waals surface area contributed by atoms with Crippen LogP contribution >= 0.6 is 0 Å². The number of anilines is 1. The molecule has 2 aromatic heterocycles. The lowest BCUT2D eigenvalue weighted by Crippen LogP contribution is -2.23. The van der Waals surface area contributed by atoms with Crippen LogP contribution in [0.2, 0.25) is 0 Å². The first-order chi connectivity index (χ1) is 12.0. The van der Waals surface area contributed by atoms with Crippen molar-refractivity contribution in [3.8, 4) is 0 Å². The molecule has 0 fully saturated rings. The summed E-state index contributed by atoms with van der Waals surface area (Å²) in [5.74, 6) is 0.281. The summed E-state index contributed by atoms with van der Waals surface area (Å²) in [5.41, 5.74) is 1.06. The van der Waals surface area contributed by atoms with Gasteiger partial charge in [0.1, 0.15) is 11.3 Å². The normalized spacial score (nSPS) is 10.6. The lowest BCUT2D eigenvalue weighted by Gasteiger charge is -2.07. The predicted molar refractivity (Wildman–Crippen MR) is 92.5 cm³/mol. The van der Waals surface area contributed by atoms with E-state index in [9.17, 15) is 9.59 Å². The standard InChI is InChI=1S/C18H18N4O3/c1-12-10-14(9-8-13-6-4-3-5-7-13)25-18(24)16(12)17(23)20-15-11-19-22(2)21-15/h3-7,10-11H,8-9H2,1-2H3,(H,20,21,23). The van der Waals surface area contributed by atoms with Crippen molar-refractivity contribution in [2.75, 3.05) is 5.32 Å². The summed E-state index contributed by atoms with van der Waals surface area (Å²) in [6.07, 6.45) is 2.75. The average molecular weight is 338 g/mol. The third kappa shape index (κ3) is 4.00. The third-order valence-corrected chi connectivity index (χ3v) is 3.77. The second-order valence-electron chi connectivity index (χ2n) is 5.72. The van der Waals surface area contributed by atoms with Crippen LogP contribution in [-0.2, 0) is 19.9 Å². The van der Waals surface area contributed by atoms with E-state index in [1.807, 2.05) is 30.3 Å². The maximum Gasteiger partial charge on any atom is 0.349 e. The molecule has 0 radical (unpaired) electrons. The summed E-state index contributed by atoms with van der Waals surface area (Å²) < 4.78 is 5.32. The number of aromatic nitrogens is 3. The number of carbonyl (C=O) groups excluding carboxylic acids is 1. The highest BCUT2D eigenvalue weighted by Crippen LogP contribution is 2.12. The molecule has 2 heterocycles. The summed E-state index contributed by atoms with van der Waals surface area (Å²) in [6.45, 7) is 1.72. The molecule has 0 atom stereocenters. The molecule has 0 saturated carbocycles. The molecule has 0 aliphatic rings. The van der Waals surface area contributed by atoms with Crippen LogP contribution in [-0.4, -0.2) is 20.9 Å². The number of rotatable bonds is 5. The van der Waals surface area contributed by atoms with Crippen LogP contribution in [0.5, 0.6) is 0 Å². The number of amides is 1. The molecule has 0 aliphatic carbocycles. The van der Waals surface area contributed by atoms with Crippen LogP contribution in [0.15, 0.2) is 51.8 Å². The fourth-order valence-electron chi connectivity index (χ4n) is 2.56. The molecule has 0 bridgehead atoms. The minimum atomic E-state index is -0.649. The second kappa shape index (κ2) is 7.12. The first-order valence-corrected chi connectivity index (χ1v) is 7.88. The molecule has 7 nitrogen and oxygen atoms in total. The van der Waals surface area contributed by atoms with Gasteiger partial charge in [-0.1, -0.05) is 30.3 Å². The van der Waals surface area contributed by atoms with Crippen molar-refractivity contribution in [2.24, 2.45) is 7.05 Å². The average Bonchev–Trinajstić information content (AvgIpc) is 2.98. The second-order valence-corrected chi connectivity index (χ2v) is 5.72. The van der Waals surface area contributed by atoms with E-state index < -0.39 is 11.5 Å². The number of benzene rings is 1. The number of nitrogens with zero attached hydrogens (tertiary/aromatic N) is 3. The number of hydrogen-bond acceptors (Lipinski definition) is 5. The Bertz CT molecular complexity index is 944. The maximum atomic E-state index is 12.3. The monoisotopic (exact) mass is 338 g/mol. The molecule has 0 spiro atoms. The van der Waals surface area contributed by atoms with Crippen molar-refractivity contribution in [3.63, 3.8) is 0 Å². The van der Waals surface area contributed by atoms with Crippen molar-refractivity contribution in [1.29, 1.82) is 0 Å². The molecule has 1 amide bonds. The number of hydrogen-bond donors (Lipinski definition) is 1.